The van der Waals surface area contributed by atoms with Crippen LogP contribution in [0.4, 0.5) is 5.95 Å². The summed E-state index contributed by atoms with van der Waals surface area (Å²) in [6, 6.07) is 1.77. The summed E-state index contributed by atoms with van der Waals surface area (Å²) in [4.78, 5) is 7.84. The van der Waals surface area contributed by atoms with Crippen LogP contribution in [0.2, 0.25) is 5.02 Å². The van der Waals surface area contributed by atoms with Crippen LogP contribution in [-0.4, -0.2) is 19.7 Å². The summed E-state index contributed by atoms with van der Waals surface area (Å²) in [6.07, 6.45) is 1.41. The number of nitrogens with one attached hydrogen (secondary N) is 1. The van der Waals surface area contributed by atoms with Gasteiger partial charge in [0.1, 0.15) is 5.02 Å². The topological polar surface area (TPSA) is 90.9 Å². The Morgan fingerprint density at radius 3 is 2.88 bits per heavy atom. The first-order valence-electron chi connectivity index (χ1n) is 4.78. The van der Waals surface area contributed by atoms with Gasteiger partial charge in [-0.15, -0.1) is 0 Å². The van der Waals surface area contributed by atoms with Gasteiger partial charge >= 0.3 is 0 Å². The lowest BCUT2D eigenvalue weighted by molar-refractivity contribution is 0.415. The molecule has 0 spiro atoms. The second-order valence-corrected chi connectivity index (χ2v) is 3.75. The fraction of sp³-hybridized carbons (Fsp3) is 0.222. The molecule has 0 bridgehead atoms. The van der Waals surface area contributed by atoms with Crippen LogP contribution in [0.3, 0.4) is 0 Å². The Morgan fingerprint density at radius 1 is 1.53 bits per heavy atom. The summed E-state index contributed by atoms with van der Waals surface area (Å²) in [5, 5.41) is 4.44. The number of hydrazine groups is 1. The molecule has 0 radical (unpaired) electrons. The van der Waals surface area contributed by atoms with Crippen LogP contribution in [0.15, 0.2) is 12.3 Å². The molecule has 0 fully saturated rings. The fourth-order valence-corrected chi connectivity index (χ4v) is 1.40. The number of ether oxygens (including phenoxy) is 1. The second kappa shape index (κ2) is 4.56. The number of anilines is 1. The number of aryl methyl sites for hydroxylation is 2. The number of aromatic nitrogens is 4. The minimum absolute atomic E-state index is 0.220. The molecule has 0 aliphatic rings. The molecule has 2 rings (SSSR count). The molecule has 0 aliphatic heterocycles. The lowest BCUT2D eigenvalue weighted by Crippen LogP contribution is -2.10. The molecule has 0 saturated carbocycles. The third-order valence-electron chi connectivity index (χ3n) is 2.00. The third kappa shape index (κ3) is 2.45. The largest absolute Gasteiger partial charge is 0.419 e. The summed E-state index contributed by atoms with van der Waals surface area (Å²) in [6.45, 7) is 1.86. The average Bonchev–Trinajstić information content (AvgIpc) is 2.60. The minimum Gasteiger partial charge on any atom is -0.419 e. The van der Waals surface area contributed by atoms with Crippen molar-refractivity contribution in [2.24, 2.45) is 12.9 Å². The number of nitrogens with zero attached hydrogens (tertiary/aromatic N) is 4. The number of hydrogen-bond acceptors (Lipinski definition) is 6. The zero-order chi connectivity index (χ0) is 12.4. The molecule has 2 heterocycles. The van der Waals surface area contributed by atoms with Crippen molar-refractivity contribution >= 4 is 17.5 Å². The van der Waals surface area contributed by atoms with E-state index in [1.807, 2.05) is 6.92 Å². The van der Waals surface area contributed by atoms with Crippen LogP contribution in [-0.2, 0) is 7.05 Å². The van der Waals surface area contributed by atoms with Crippen molar-refractivity contribution < 1.29 is 4.74 Å². The van der Waals surface area contributed by atoms with Crippen LogP contribution in [0.25, 0.3) is 0 Å². The second-order valence-electron chi connectivity index (χ2n) is 3.34. The van der Waals surface area contributed by atoms with E-state index in [9.17, 15) is 0 Å². The molecule has 17 heavy (non-hydrogen) atoms. The highest BCUT2D eigenvalue weighted by Crippen LogP contribution is 2.27. The first-order chi connectivity index (χ1) is 8.10. The van der Waals surface area contributed by atoms with Gasteiger partial charge in [0.15, 0.2) is 0 Å². The molecule has 0 aliphatic carbocycles. The SMILES string of the molecule is Cc1cc(Oc2nc(NN)ncc2Cl)n(C)n1. The van der Waals surface area contributed by atoms with Crippen LogP contribution in [0.5, 0.6) is 11.8 Å². The summed E-state index contributed by atoms with van der Waals surface area (Å²) in [5.74, 6) is 6.18. The lowest BCUT2D eigenvalue weighted by Gasteiger charge is -2.06. The van der Waals surface area contributed by atoms with Crippen molar-refractivity contribution in [2.75, 3.05) is 5.43 Å². The van der Waals surface area contributed by atoms with E-state index in [-0.39, 0.29) is 11.8 Å². The van der Waals surface area contributed by atoms with Gasteiger partial charge in [0.25, 0.3) is 0 Å². The highest BCUT2D eigenvalue weighted by Gasteiger charge is 2.10. The zero-order valence-corrected chi connectivity index (χ0v) is 10.1. The number of nitrogens with two attached hydrogens (primary N) is 1. The van der Waals surface area contributed by atoms with Crippen molar-refractivity contribution in [2.45, 2.75) is 6.92 Å². The Hall–Kier alpha value is -1.86. The molecule has 0 aromatic carbocycles. The lowest BCUT2D eigenvalue weighted by atomic mass is 10.5. The van der Waals surface area contributed by atoms with Crippen molar-refractivity contribution in [1.29, 1.82) is 0 Å². The van der Waals surface area contributed by atoms with E-state index in [0.29, 0.717) is 10.9 Å². The molecule has 0 atom stereocenters. The first-order valence-corrected chi connectivity index (χ1v) is 5.15. The number of nitrogen functional groups attached to an aromatic ring is 1. The van der Waals surface area contributed by atoms with Crippen LogP contribution in [0, 0.1) is 6.92 Å². The molecule has 0 unspecified atom stereocenters. The molecular weight excluding hydrogens is 244 g/mol. The predicted molar refractivity (Wildman–Crippen MR) is 62.9 cm³/mol. The quantitative estimate of drug-likeness (QED) is 0.633. The van der Waals surface area contributed by atoms with Gasteiger partial charge in [0.05, 0.1) is 11.9 Å². The molecule has 2 aromatic heterocycles. The molecule has 8 heteroatoms. The Morgan fingerprint density at radius 2 is 2.29 bits per heavy atom. The van der Waals surface area contributed by atoms with Gasteiger partial charge in [0.2, 0.25) is 17.7 Å². The van der Waals surface area contributed by atoms with Crippen LogP contribution in [0.1, 0.15) is 5.69 Å². The zero-order valence-electron chi connectivity index (χ0n) is 9.31. The molecule has 90 valence electrons. The third-order valence-corrected chi connectivity index (χ3v) is 2.26. The number of rotatable bonds is 3. The molecule has 2 aromatic rings. The van der Waals surface area contributed by atoms with E-state index in [1.165, 1.54) is 6.20 Å². The van der Waals surface area contributed by atoms with Gasteiger partial charge in [0, 0.05) is 13.1 Å². The Labute approximate surface area is 103 Å². The number of hydrogen-bond donors (Lipinski definition) is 2. The first kappa shape index (κ1) is 11.6. The number of halogens is 1. The molecule has 0 amide bonds. The summed E-state index contributed by atoms with van der Waals surface area (Å²) >= 11 is 5.91. The normalized spacial score (nSPS) is 10.4. The van der Waals surface area contributed by atoms with E-state index in [0.717, 1.165) is 5.69 Å². The van der Waals surface area contributed by atoms with Gasteiger partial charge in [-0.1, -0.05) is 11.6 Å². The highest BCUT2D eigenvalue weighted by molar-refractivity contribution is 6.31. The van der Waals surface area contributed by atoms with Gasteiger partial charge in [-0.25, -0.2) is 15.5 Å². The Bertz CT molecular complexity index is 540. The monoisotopic (exact) mass is 254 g/mol. The predicted octanol–water partition coefficient (Wildman–Crippen LogP) is 1.25. The maximum Gasteiger partial charge on any atom is 0.244 e. The summed E-state index contributed by atoms with van der Waals surface area (Å²) < 4.78 is 7.11. The smallest absolute Gasteiger partial charge is 0.244 e. The summed E-state index contributed by atoms with van der Waals surface area (Å²) in [7, 11) is 1.76. The standard InChI is InChI=1S/C9H11ClN6O/c1-5-3-7(16(2)15-5)17-8-6(10)4-12-9(13-8)14-11/h3-4H,11H2,1-2H3,(H,12,13,14). The van der Waals surface area contributed by atoms with Crippen molar-refractivity contribution in [3.63, 3.8) is 0 Å². The maximum atomic E-state index is 5.91. The van der Waals surface area contributed by atoms with Gasteiger partial charge in [-0.05, 0) is 6.92 Å². The Kier molecular flexibility index (Phi) is 3.12. The van der Waals surface area contributed by atoms with Crippen LogP contribution >= 0.6 is 11.6 Å². The highest BCUT2D eigenvalue weighted by atomic mass is 35.5. The van der Waals surface area contributed by atoms with E-state index in [4.69, 9.17) is 22.2 Å². The average molecular weight is 255 g/mol. The van der Waals surface area contributed by atoms with E-state index in [1.54, 1.807) is 17.8 Å². The van der Waals surface area contributed by atoms with E-state index >= 15 is 0 Å². The van der Waals surface area contributed by atoms with Crippen molar-refractivity contribution in [3.05, 3.63) is 23.0 Å². The van der Waals surface area contributed by atoms with Crippen molar-refractivity contribution in [3.8, 4) is 11.8 Å². The van der Waals surface area contributed by atoms with E-state index < -0.39 is 0 Å². The summed E-state index contributed by atoms with van der Waals surface area (Å²) in [5.41, 5.74) is 3.15. The van der Waals surface area contributed by atoms with Gasteiger partial charge < -0.3 is 4.74 Å². The molecule has 0 saturated heterocycles. The molecule has 3 N–H and O–H groups in total. The van der Waals surface area contributed by atoms with Crippen molar-refractivity contribution in [1.82, 2.24) is 19.7 Å². The van der Waals surface area contributed by atoms with Gasteiger partial charge in [-0.2, -0.15) is 10.1 Å². The minimum atomic E-state index is 0.220. The molecule has 7 nitrogen and oxygen atoms in total. The van der Waals surface area contributed by atoms with Gasteiger partial charge in [-0.3, -0.25) is 5.43 Å². The Balaban J connectivity index is 2.32. The van der Waals surface area contributed by atoms with E-state index in [2.05, 4.69) is 20.5 Å². The van der Waals surface area contributed by atoms with Crippen LogP contribution < -0.4 is 16.0 Å². The molecular formula is C9H11ClN6O. The maximum absolute atomic E-state index is 5.91. The fourth-order valence-electron chi connectivity index (χ4n) is 1.27.